The first-order chi connectivity index (χ1) is 7.79. The van der Waals surface area contributed by atoms with Crippen LogP contribution in [0.4, 0.5) is 4.39 Å². The van der Waals surface area contributed by atoms with Crippen LogP contribution >= 0.6 is 0 Å². The Hall–Kier alpha value is -0.930. The lowest BCUT2D eigenvalue weighted by molar-refractivity contribution is 0.281. The molecule has 0 aliphatic carbocycles. The van der Waals surface area contributed by atoms with Gasteiger partial charge in [-0.3, -0.25) is 0 Å². The van der Waals surface area contributed by atoms with Crippen LogP contribution in [0.2, 0.25) is 0 Å². The molecule has 1 saturated heterocycles. The van der Waals surface area contributed by atoms with Crippen LogP contribution in [0.1, 0.15) is 24.0 Å². The van der Waals surface area contributed by atoms with Gasteiger partial charge < -0.3 is 10.0 Å². The van der Waals surface area contributed by atoms with E-state index in [0.29, 0.717) is 5.56 Å². The summed E-state index contributed by atoms with van der Waals surface area (Å²) in [7, 11) is 0. The smallest absolute Gasteiger partial charge is 0.126 e. The van der Waals surface area contributed by atoms with E-state index in [9.17, 15) is 4.39 Å². The molecule has 0 bridgehead atoms. The first-order valence-electron chi connectivity index (χ1n) is 5.90. The van der Waals surface area contributed by atoms with Crippen molar-refractivity contribution in [1.29, 1.82) is 0 Å². The molecule has 1 aliphatic rings. The van der Waals surface area contributed by atoms with Crippen LogP contribution in [0.3, 0.4) is 0 Å². The van der Waals surface area contributed by atoms with E-state index in [1.165, 1.54) is 18.9 Å². The molecular formula is C13H18FNO. The van der Waals surface area contributed by atoms with Gasteiger partial charge in [-0.05, 0) is 49.5 Å². The number of hydrogen-bond donors (Lipinski definition) is 1. The van der Waals surface area contributed by atoms with Crippen molar-refractivity contribution in [1.82, 2.24) is 4.90 Å². The van der Waals surface area contributed by atoms with Crippen LogP contribution < -0.4 is 0 Å². The van der Waals surface area contributed by atoms with Gasteiger partial charge in [-0.1, -0.05) is 12.1 Å². The fourth-order valence-electron chi connectivity index (χ4n) is 2.18. The third-order valence-corrected chi connectivity index (χ3v) is 3.20. The summed E-state index contributed by atoms with van der Waals surface area (Å²) in [5, 5.41) is 8.88. The van der Waals surface area contributed by atoms with E-state index in [2.05, 4.69) is 4.90 Å². The van der Waals surface area contributed by atoms with Crippen LogP contribution in [-0.4, -0.2) is 29.6 Å². The third-order valence-electron chi connectivity index (χ3n) is 3.20. The van der Waals surface area contributed by atoms with Crippen LogP contribution in [-0.2, 0) is 13.0 Å². The molecule has 1 aromatic rings. The van der Waals surface area contributed by atoms with E-state index in [4.69, 9.17) is 5.11 Å². The van der Waals surface area contributed by atoms with E-state index in [1.54, 1.807) is 12.1 Å². The van der Waals surface area contributed by atoms with Gasteiger partial charge in [0.05, 0.1) is 6.61 Å². The quantitative estimate of drug-likeness (QED) is 0.843. The molecule has 2 nitrogen and oxygen atoms in total. The predicted molar refractivity (Wildman–Crippen MR) is 61.7 cm³/mol. The standard InChI is InChI=1S/C13H18FNO/c14-13-9-11(10-16)3-4-12(13)5-8-15-6-1-2-7-15/h3-4,9,16H,1-2,5-8,10H2. The van der Waals surface area contributed by atoms with Gasteiger partial charge >= 0.3 is 0 Å². The molecule has 1 aliphatic heterocycles. The van der Waals surface area contributed by atoms with Crippen molar-refractivity contribution in [3.8, 4) is 0 Å². The zero-order chi connectivity index (χ0) is 11.4. The summed E-state index contributed by atoms with van der Waals surface area (Å²) in [4.78, 5) is 2.37. The summed E-state index contributed by atoms with van der Waals surface area (Å²) in [5.74, 6) is -0.189. The summed E-state index contributed by atoms with van der Waals surface area (Å²) in [5.41, 5.74) is 1.39. The number of rotatable bonds is 4. The molecule has 0 atom stereocenters. The van der Waals surface area contributed by atoms with Gasteiger partial charge in [-0.15, -0.1) is 0 Å². The van der Waals surface area contributed by atoms with Crippen LogP contribution in [0.15, 0.2) is 18.2 Å². The molecule has 0 unspecified atom stereocenters. The molecule has 1 aromatic carbocycles. The monoisotopic (exact) mass is 223 g/mol. The van der Waals surface area contributed by atoms with Gasteiger partial charge in [-0.2, -0.15) is 0 Å². The van der Waals surface area contributed by atoms with Crippen LogP contribution in [0.5, 0.6) is 0 Å². The summed E-state index contributed by atoms with van der Waals surface area (Å²) in [6.07, 6.45) is 3.30. The Morgan fingerprint density at radius 1 is 1.25 bits per heavy atom. The van der Waals surface area contributed by atoms with Crippen molar-refractivity contribution >= 4 is 0 Å². The highest BCUT2D eigenvalue weighted by Crippen LogP contribution is 2.13. The Balaban J connectivity index is 1.93. The second-order valence-electron chi connectivity index (χ2n) is 4.38. The zero-order valence-electron chi connectivity index (χ0n) is 9.45. The normalized spacial score (nSPS) is 16.9. The van der Waals surface area contributed by atoms with Crippen molar-refractivity contribution in [3.05, 3.63) is 35.1 Å². The Morgan fingerprint density at radius 3 is 2.62 bits per heavy atom. The highest BCUT2D eigenvalue weighted by atomic mass is 19.1. The molecule has 1 N–H and O–H groups in total. The van der Waals surface area contributed by atoms with Crippen LogP contribution in [0.25, 0.3) is 0 Å². The van der Waals surface area contributed by atoms with E-state index in [0.717, 1.165) is 31.6 Å². The number of likely N-dealkylation sites (tertiary alicyclic amines) is 1. The minimum absolute atomic E-state index is 0.0939. The largest absolute Gasteiger partial charge is 0.392 e. The number of halogens is 1. The average molecular weight is 223 g/mol. The predicted octanol–water partition coefficient (Wildman–Crippen LogP) is 1.96. The molecule has 3 heteroatoms. The van der Waals surface area contributed by atoms with Crippen molar-refractivity contribution in [2.75, 3.05) is 19.6 Å². The lowest BCUT2D eigenvalue weighted by atomic mass is 10.1. The molecule has 0 aromatic heterocycles. The van der Waals surface area contributed by atoms with E-state index in [-0.39, 0.29) is 12.4 Å². The Morgan fingerprint density at radius 2 is 2.00 bits per heavy atom. The SMILES string of the molecule is OCc1ccc(CCN2CCCC2)c(F)c1. The maximum Gasteiger partial charge on any atom is 0.126 e. The lowest BCUT2D eigenvalue weighted by Crippen LogP contribution is -2.22. The molecule has 0 amide bonds. The molecule has 0 radical (unpaired) electrons. The van der Waals surface area contributed by atoms with E-state index < -0.39 is 0 Å². The Kier molecular flexibility index (Phi) is 3.91. The second-order valence-corrected chi connectivity index (χ2v) is 4.38. The molecule has 16 heavy (non-hydrogen) atoms. The molecule has 1 heterocycles. The van der Waals surface area contributed by atoms with Crippen molar-refractivity contribution in [2.45, 2.75) is 25.9 Å². The fraction of sp³-hybridized carbons (Fsp3) is 0.538. The lowest BCUT2D eigenvalue weighted by Gasteiger charge is -2.14. The number of hydrogen-bond acceptors (Lipinski definition) is 2. The zero-order valence-corrected chi connectivity index (χ0v) is 9.45. The van der Waals surface area contributed by atoms with Crippen LogP contribution in [0, 0.1) is 5.82 Å². The summed E-state index contributed by atoms with van der Waals surface area (Å²) < 4.78 is 13.6. The van der Waals surface area contributed by atoms with Gasteiger partial charge in [0.1, 0.15) is 5.82 Å². The number of nitrogens with zero attached hydrogens (tertiary/aromatic N) is 1. The summed E-state index contributed by atoms with van der Waals surface area (Å²) in [6, 6.07) is 5.01. The number of aliphatic hydroxyl groups excluding tert-OH is 1. The van der Waals surface area contributed by atoms with Gasteiger partial charge in [0.25, 0.3) is 0 Å². The van der Waals surface area contributed by atoms with Crippen molar-refractivity contribution < 1.29 is 9.50 Å². The fourth-order valence-corrected chi connectivity index (χ4v) is 2.18. The minimum atomic E-state index is -0.189. The molecule has 2 rings (SSSR count). The topological polar surface area (TPSA) is 23.5 Å². The van der Waals surface area contributed by atoms with Gasteiger partial charge in [0, 0.05) is 6.54 Å². The highest BCUT2D eigenvalue weighted by molar-refractivity contribution is 5.24. The molecule has 0 saturated carbocycles. The molecule has 0 spiro atoms. The first-order valence-corrected chi connectivity index (χ1v) is 5.90. The Labute approximate surface area is 95.7 Å². The Bertz CT molecular complexity index is 348. The van der Waals surface area contributed by atoms with E-state index >= 15 is 0 Å². The third kappa shape index (κ3) is 2.80. The van der Waals surface area contributed by atoms with Crippen molar-refractivity contribution in [3.63, 3.8) is 0 Å². The average Bonchev–Trinajstić information content (AvgIpc) is 2.80. The molecule has 88 valence electrons. The molecule has 1 fully saturated rings. The minimum Gasteiger partial charge on any atom is -0.392 e. The number of benzene rings is 1. The summed E-state index contributed by atoms with van der Waals surface area (Å²) in [6.45, 7) is 3.14. The molecular weight excluding hydrogens is 205 g/mol. The van der Waals surface area contributed by atoms with Gasteiger partial charge in [0.2, 0.25) is 0 Å². The number of aliphatic hydroxyl groups is 1. The first kappa shape index (κ1) is 11.6. The summed E-state index contributed by atoms with van der Waals surface area (Å²) >= 11 is 0. The van der Waals surface area contributed by atoms with Gasteiger partial charge in [-0.25, -0.2) is 4.39 Å². The van der Waals surface area contributed by atoms with Crippen molar-refractivity contribution in [2.24, 2.45) is 0 Å². The maximum atomic E-state index is 13.6. The highest BCUT2D eigenvalue weighted by Gasteiger charge is 2.12. The maximum absolute atomic E-state index is 13.6. The van der Waals surface area contributed by atoms with Gasteiger partial charge in [0.15, 0.2) is 0 Å². The van der Waals surface area contributed by atoms with E-state index in [1.807, 2.05) is 0 Å². The second kappa shape index (κ2) is 5.41.